The summed E-state index contributed by atoms with van der Waals surface area (Å²) in [5, 5.41) is 4.79. The summed E-state index contributed by atoms with van der Waals surface area (Å²) in [7, 11) is -3.86. The Morgan fingerprint density at radius 1 is 1.42 bits per heavy atom. The highest BCUT2D eigenvalue weighted by atomic mass is 32.2. The Balaban J connectivity index is 1.80. The number of hydrogen-bond acceptors (Lipinski definition) is 6. The number of fused-ring (bicyclic) bond motifs is 1. The molecule has 2 N–H and O–H groups in total. The van der Waals surface area contributed by atoms with E-state index in [1.165, 1.54) is 18.3 Å². The van der Waals surface area contributed by atoms with Crippen LogP contribution in [0.5, 0.6) is 0 Å². The summed E-state index contributed by atoms with van der Waals surface area (Å²) in [5.74, 6) is -0.153. The molecule has 2 aliphatic rings. The van der Waals surface area contributed by atoms with Gasteiger partial charge in [-0.05, 0) is 25.1 Å². The van der Waals surface area contributed by atoms with Gasteiger partial charge in [0, 0.05) is 25.8 Å². The molecule has 3 heterocycles. The molecule has 1 aromatic rings. The molecule has 1 aromatic heterocycles. The van der Waals surface area contributed by atoms with E-state index in [9.17, 15) is 13.2 Å². The fourth-order valence-corrected chi connectivity index (χ4v) is 3.78. The number of nitrogens with two attached hydrogens (primary N) is 1. The molecule has 0 unspecified atom stereocenters. The molecule has 0 bridgehead atoms. The van der Waals surface area contributed by atoms with Crippen molar-refractivity contribution in [1.82, 2.24) is 14.8 Å². The van der Waals surface area contributed by atoms with Crippen molar-refractivity contribution < 1.29 is 17.9 Å². The smallest absolute Gasteiger partial charge is 0.255 e. The van der Waals surface area contributed by atoms with Gasteiger partial charge in [0.25, 0.3) is 15.9 Å². The minimum atomic E-state index is -3.86. The number of pyridine rings is 1. The second kappa shape index (κ2) is 6.75. The quantitative estimate of drug-likeness (QED) is 0.796. The first-order chi connectivity index (χ1) is 11.4. The lowest BCUT2D eigenvalue weighted by atomic mass is 9.98. The summed E-state index contributed by atoms with van der Waals surface area (Å²) in [5.41, 5.74) is 0.358. The number of ether oxygens (including phenoxy) is 1. The molecule has 1 amide bonds. The third-order valence-corrected chi connectivity index (χ3v) is 5.48. The highest BCUT2D eigenvalue weighted by molar-refractivity contribution is 7.89. The number of sulfonamides is 1. The third-order valence-electron chi connectivity index (χ3n) is 4.65. The summed E-state index contributed by atoms with van der Waals surface area (Å²) in [6, 6.07) is 2.73. The molecule has 2 saturated heterocycles. The first-order valence-corrected chi connectivity index (χ1v) is 9.58. The van der Waals surface area contributed by atoms with Crippen LogP contribution in [-0.2, 0) is 14.8 Å². The van der Waals surface area contributed by atoms with Crippen LogP contribution in [0.4, 0.5) is 0 Å². The zero-order chi connectivity index (χ0) is 17.3. The highest BCUT2D eigenvalue weighted by Gasteiger charge is 2.39. The van der Waals surface area contributed by atoms with Gasteiger partial charge in [-0.2, -0.15) is 0 Å². The molecular weight excluding hydrogens is 332 g/mol. The van der Waals surface area contributed by atoms with Gasteiger partial charge in [-0.3, -0.25) is 4.79 Å². The van der Waals surface area contributed by atoms with Crippen LogP contribution in [0.25, 0.3) is 0 Å². The normalized spacial score (nSPS) is 25.3. The SMILES string of the molecule is CCN1CC[C@H]2OCCN(C(=O)c3ccc(S(N)(=O)=O)nc3)[C@H]2C1. The zero-order valence-electron chi connectivity index (χ0n) is 13.6. The van der Waals surface area contributed by atoms with Crippen molar-refractivity contribution in [3.63, 3.8) is 0 Å². The monoisotopic (exact) mass is 354 g/mol. The molecule has 2 aliphatic heterocycles. The summed E-state index contributed by atoms with van der Waals surface area (Å²) in [4.78, 5) is 20.8. The fraction of sp³-hybridized carbons (Fsp3) is 0.600. The second-order valence-electron chi connectivity index (χ2n) is 6.09. The molecule has 0 aromatic carbocycles. The summed E-state index contributed by atoms with van der Waals surface area (Å²) in [6.07, 6.45) is 2.24. The van der Waals surface area contributed by atoms with E-state index in [2.05, 4.69) is 16.8 Å². The van der Waals surface area contributed by atoms with Crippen LogP contribution in [0.2, 0.25) is 0 Å². The standard InChI is InChI=1S/C15H22N4O4S/c1-2-18-6-5-13-12(10-18)19(7-8-23-13)15(20)11-3-4-14(17-9-11)24(16,21)22/h3-4,9,12-13H,2,5-8,10H2,1H3,(H2,16,21,22)/t12-,13+/m0/s1. The van der Waals surface area contributed by atoms with Gasteiger partial charge in [-0.25, -0.2) is 18.5 Å². The van der Waals surface area contributed by atoms with E-state index in [-0.39, 0.29) is 23.1 Å². The Bertz CT molecular complexity index is 707. The van der Waals surface area contributed by atoms with Crippen molar-refractivity contribution in [3.8, 4) is 0 Å². The number of hydrogen-bond donors (Lipinski definition) is 1. The molecule has 2 fully saturated rings. The van der Waals surface area contributed by atoms with Crippen LogP contribution in [0.1, 0.15) is 23.7 Å². The summed E-state index contributed by atoms with van der Waals surface area (Å²) < 4.78 is 28.4. The summed E-state index contributed by atoms with van der Waals surface area (Å²) >= 11 is 0. The van der Waals surface area contributed by atoms with Gasteiger partial charge < -0.3 is 14.5 Å². The maximum atomic E-state index is 12.8. The minimum absolute atomic E-state index is 0.0119. The Morgan fingerprint density at radius 3 is 2.83 bits per heavy atom. The van der Waals surface area contributed by atoms with Crippen LogP contribution in [-0.4, -0.2) is 74.0 Å². The average Bonchev–Trinajstić information content (AvgIpc) is 2.59. The maximum absolute atomic E-state index is 12.8. The predicted octanol–water partition coefficient (Wildman–Crippen LogP) is -0.336. The van der Waals surface area contributed by atoms with Crippen molar-refractivity contribution >= 4 is 15.9 Å². The topological polar surface area (TPSA) is 106 Å². The Hall–Kier alpha value is -1.55. The lowest BCUT2D eigenvalue weighted by Gasteiger charge is -2.46. The van der Waals surface area contributed by atoms with E-state index < -0.39 is 10.0 Å². The molecule has 2 atom stereocenters. The molecule has 8 nitrogen and oxygen atoms in total. The average molecular weight is 354 g/mol. The third kappa shape index (κ3) is 3.44. The van der Waals surface area contributed by atoms with Gasteiger partial charge in [0.1, 0.15) is 0 Å². The maximum Gasteiger partial charge on any atom is 0.255 e. The molecule has 24 heavy (non-hydrogen) atoms. The Labute approximate surface area is 141 Å². The van der Waals surface area contributed by atoms with E-state index in [0.717, 1.165) is 26.1 Å². The molecule has 0 aliphatic carbocycles. The van der Waals surface area contributed by atoms with Crippen molar-refractivity contribution in [2.45, 2.75) is 30.5 Å². The number of carbonyl (C=O) groups excluding carboxylic acids is 1. The van der Waals surface area contributed by atoms with Gasteiger partial charge in [0.2, 0.25) is 0 Å². The van der Waals surface area contributed by atoms with Gasteiger partial charge in [-0.15, -0.1) is 0 Å². The number of aromatic nitrogens is 1. The van der Waals surface area contributed by atoms with Crippen LogP contribution >= 0.6 is 0 Å². The number of carbonyl (C=O) groups is 1. The first-order valence-electron chi connectivity index (χ1n) is 8.04. The molecule has 0 spiro atoms. The largest absolute Gasteiger partial charge is 0.374 e. The first kappa shape index (κ1) is 17.3. The van der Waals surface area contributed by atoms with Crippen LogP contribution in [0, 0.1) is 0 Å². The lowest BCUT2D eigenvalue weighted by Crippen LogP contribution is -2.61. The van der Waals surface area contributed by atoms with Crippen LogP contribution in [0.15, 0.2) is 23.4 Å². The number of primary sulfonamides is 1. The number of piperidine rings is 1. The molecule has 9 heteroatoms. The van der Waals surface area contributed by atoms with E-state index in [0.29, 0.717) is 18.7 Å². The van der Waals surface area contributed by atoms with Crippen LogP contribution < -0.4 is 5.14 Å². The molecular formula is C15H22N4O4S. The van der Waals surface area contributed by atoms with Crippen molar-refractivity contribution in [2.24, 2.45) is 5.14 Å². The molecule has 3 rings (SSSR count). The van der Waals surface area contributed by atoms with Gasteiger partial charge in [-0.1, -0.05) is 6.92 Å². The number of nitrogens with zero attached hydrogens (tertiary/aromatic N) is 3. The number of amides is 1. The molecule has 132 valence electrons. The highest BCUT2D eigenvalue weighted by Crippen LogP contribution is 2.24. The van der Waals surface area contributed by atoms with E-state index in [4.69, 9.17) is 9.88 Å². The van der Waals surface area contributed by atoms with Gasteiger partial charge in [0.15, 0.2) is 5.03 Å². The van der Waals surface area contributed by atoms with Crippen molar-refractivity contribution in [3.05, 3.63) is 23.9 Å². The lowest BCUT2D eigenvalue weighted by molar-refractivity contribution is -0.0896. The van der Waals surface area contributed by atoms with Crippen molar-refractivity contribution in [1.29, 1.82) is 0 Å². The van der Waals surface area contributed by atoms with Crippen molar-refractivity contribution in [2.75, 3.05) is 32.8 Å². The van der Waals surface area contributed by atoms with E-state index >= 15 is 0 Å². The molecule has 0 radical (unpaired) electrons. The second-order valence-corrected chi connectivity index (χ2v) is 7.60. The number of likely N-dealkylation sites (N-methyl/N-ethyl adjacent to an activating group) is 1. The van der Waals surface area contributed by atoms with E-state index in [1.807, 2.05) is 4.90 Å². The zero-order valence-corrected chi connectivity index (χ0v) is 14.4. The van der Waals surface area contributed by atoms with E-state index in [1.54, 1.807) is 0 Å². The summed E-state index contributed by atoms with van der Waals surface area (Å²) in [6.45, 7) is 5.85. The fourth-order valence-electron chi connectivity index (χ4n) is 3.32. The Morgan fingerprint density at radius 2 is 2.21 bits per heavy atom. The Kier molecular flexibility index (Phi) is 4.86. The van der Waals surface area contributed by atoms with Gasteiger partial charge >= 0.3 is 0 Å². The molecule has 0 saturated carbocycles. The van der Waals surface area contributed by atoms with Gasteiger partial charge in [0.05, 0.1) is 24.3 Å². The number of likely N-dealkylation sites (tertiary alicyclic amines) is 1. The van der Waals surface area contributed by atoms with Crippen LogP contribution in [0.3, 0.4) is 0 Å². The number of rotatable bonds is 3. The number of morpholine rings is 1. The predicted molar refractivity (Wildman–Crippen MR) is 86.9 cm³/mol. The minimum Gasteiger partial charge on any atom is -0.374 e.